The Morgan fingerprint density at radius 3 is 2.57 bits per heavy atom. The smallest absolute Gasteiger partial charge is 0.215 e. The summed E-state index contributed by atoms with van der Waals surface area (Å²) in [4.78, 5) is 12.5. The Morgan fingerprint density at radius 1 is 1.07 bits per heavy atom. The zero-order valence-corrected chi connectivity index (χ0v) is 17.4. The Kier molecular flexibility index (Phi) is 4.10. The van der Waals surface area contributed by atoms with Crippen LogP contribution in [0, 0.1) is 24.6 Å². The fraction of sp³-hybridized carbons (Fsp3) is 0.318. The molecule has 1 N–H and O–H groups in total. The van der Waals surface area contributed by atoms with E-state index in [1.165, 1.54) is 12.1 Å². The topological polar surface area (TPSA) is 58.4 Å². The minimum atomic E-state index is -0.254. The third-order valence-electron chi connectivity index (χ3n) is 6.14. The molecule has 3 aromatic heterocycles. The number of rotatable bonds is 3. The van der Waals surface area contributed by atoms with Crippen LogP contribution in [0.4, 0.5) is 9.52 Å². The number of nitrogens with zero attached hydrogens (tertiary/aromatic N) is 5. The van der Waals surface area contributed by atoms with Crippen molar-refractivity contribution in [1.82, 2.24) is 24.9 Å². The van der Waals surface area contributed by atoms with E-state index in [2.05, 4.69) is 15.2 Å². The molecule has 2 saturated heterocycles. The SMILES string of the molecule is Cc1cc(-c2c(-c3ccc(F)cc3)nc3sc(N4C[C@H]5CNC[C@H]5C4)nn23)ccn1. The molecule has 8 heteroatoms. The Bertz CT molecular complexity index is 1220. The van der Waals surface area contributed by atoms with E-state index >= 15 is 0 Å². The summed E-state index contributed by atoms with van der Waals surface area (Å²) in [6.07, 6.45) is 1.81. The van der Waals surface area contributed by atoms with E-state index in [0.717, 1.165) is 64.5 Å². The lowest BCUT2D eigenvalue weighted by Gasteiger charge is -2.15. The lowest BCUT2D eigenvalue weighted by molar-refractivity contribution is 0.533. The van der Waals surface area contributed by atoms with Crippen LogP contribution in [0.2, 0.25) is 0 Å². The first-order valence-electron chi connectivity index (χ1n) is 10.2. The van der Waals surface area contributed by atoms with Gasteiger partial charge in [-0.1, -0.05) is 11.3 Å². The summed E-state index contributed by atoms with van der Waals surface area (Å²) in [5.41, 5.74) is 4.55. The monoisotopic (exact) mass is 420 g/mol. The van der Waals surface area contributed by atoms with Crippen molar-refractivity contribution in [3.63, 3.8) is 0 Å². The number of hydrogen-bond donors (Lipinski definition) is 1. The highest BCUT2D eigenvalue weighted by molar-refractivity contribution is 7.20. The van der Waals surface area contributed by atoms with Crippen molar-refractivity contribution in [1.29, 1.82) is 0 Å². The number of benzene rings is 1. The first-order chi connectivity index (χ1) is 14.7. The van der Waals surface area contributed by atoms with Gasteiger partial charge in [0.15, 0.2) is 0 Å². The number of fused-ring (bicyclic) bond motifs is 2. The quantitative estimate of drug-likeness (QED) is 0.549. The zero-order chi connectivity index (χ0) is 20.2. The van der Waals surface area contributed by atoms with Crippen LogP contribution in [0.1, 0.15) is 5.69 Å². The normalized spacial score (nSPS) is 20.9. The van der Waals surface area contributed by atoms with Crippen LogP contribution in [0.25, 0.3) is 27.5 Å². The molecule has 2 aliphatic rings. The fourth-order valence-electron chi connectivity index (χ4n) is 4.64. The molecule has 0 radical (unpaired) electrons. The van der Waals surface area contributed by atoms with Crippen LogP contribution in [-0.4, -0.2) is 45.8 Å². The van der Waals surface area contributed by atoms with Crippen molar-refractivity contribution in [2.24, 2.45) is 11.8 Å². The molecule has 2 aliphatic heterocycles. The third-order valence-corrected chi connectivity index (χ3v) is 7.11. The fourth-order valence-corrected chi connectivity index (χ4v) is 5.56. The Balaban J connectivity index is 1.48. The average molecular weight is 421 g/mol. The Hall–Kier alpha value is -2.84. The van der Waals surface area contributed by atoms with Gasteiger partial charge in [0.25, 0.3) is 0 Å². The van der Waals surface area contributed by atoms with Crippen molar-refractivity contribution < 1.29 is 4.39 Å². The van der Waals surface area contributed by atoms with Crippen LogP contribution in [0.5, 0.6) is 0 Å². The molecule has 4 aromatic rings. The summed E-state index contributed by atoms with van der Waals surface area (Å²) in [6.45, 7) is 6.26. The molecule has 0 aliphatic carbocycles. The lowest BCUT2D eigenvalue weighted by Crippen LogP contribution is -2.25. The maximum Gasteiger partial charge on any atom is 0.215 e. The average Bonchev–Trinajstić information content (AvgIpc) is 3.47. The van der Waals surface area contributed by atoms with Crippen molar-refractivity contribution >= 4 is 21.4 Å². The number of aryl methyl sites for hydroxylation is 1. The lowest BCUT2D eigenvalue weighted by atomic mass is 10.0. The van der Waals surface area contributed by atoms with Gasteiger partial charge in [-0.15, -0.1) is 5.10 Å². The zero-order valence-electron chi connectivity index (χ0n) is 16.5. The predicted octanol–water partition coefficient (Wildman–Crippen LogP) is 3.62. The van der Waals surface area contributed by atoms with Crippen molar-refractivity contribution in [2.45, 2.75) is 6.92 Å². The van der Waals surface area contributed by atoms with Crippen molar-refractivity contribution in [2.75, 3.05) is 31.1 Å². The van der Waals surface area contributed by atoms with E-state index in [1.54, 1.807) is 29.7 Å². The molecule has 0 saturated carbocycles. The summed E-state index contributed by atoms with van der Waals surface area (Å²) in [5.74, 6) is 1.16. The van der Waals surface area contributed by atoms with E-state index in [0.29, 0.717) is 11.8 Å². The predicted molar refractivity (Wildman–Crippen MR) is 116 cm³/mol. The minimum Gasteiger partial charge on any atom is -0.346 e. The number of pyridine rings is 1. The summed E-state index contributed by atoms with van der Waals surface area (Å²) < 4.78 is 15.4. The van der Waals surface area contributed by atoms with E-state index in [9.17, 15) is 4.39 Å². The molecule has 0 spiro atoms. The van der Waals surface area contributed by atoms with Crippen LogP contribution in [0.3, 0.4) is 0 Å². The second-order valence-corrected chi connectivity index (χ2v) is 9.10. The summed E-state index contributed by atoms with van der Waals surface area (Å²) in [7, 11) is 0. The van der Waals surface area contributed by atoms with Gasteiger partial charge in [-0.2, -0.15) is 0 Å². The first-order valence-corrected chi connectivity index (χ1v) is 11.0. The van der Waals surface area contributed by atoms with Crippen LogP contribution < -0.4 is 10.2 Å². The van der Waals surface area contributed by atoms with E-state index in [1.807, 2.05) is 23.6 Å². The summed E-state index contributed by atoms with van der Waals surface area (Å²) in [5, 5.41) is 9.48. The number of aromatic nitrogens is 4. The Morgan fingerprint density at radius 2 is 1.83 bits per heavy atom. The first kappa shape index (κ1) is 18.0. The molecule has 0 unspecified atom stereocenters. The van der Waals surface area contributed by atoms with Gasteiger partial charge in [-0.3, -0.25) is 4.98 Å². The molecule has 0 bridgehead atoms. The van der Waals surface area contributed by atoms with Crippen molar-refractivity contribution in [3.05, 3.63) is 54.1 Å². The van der Waals surface area contributed by atoms with Gasteiger partial charge in [-0.25, -0.2) is 13.9 Å². The van der Waals surface area contributed by atoms with Gasteiger partial charge in [0.2, 0.25) is 10.1 Å². The largest absolute Gasteiger partial charge is 0.346 e. The third kappa shape index (κ3) is 2.90. The van der Waals surface area contributed by atoms with Crippen LogP contribution in [-0.2, 0) is 0 Å². The van der Waals surface area contributed by atoms with Gasteiger partial charge in [0, 0.05) is 49.2 Å². The van der Waals surface area contributed by atoms with E-state index in [4.69, 9.17) is 10.1 Å². The van der Waals surface area contributed by atoms with Gasteiger partial charge in [-0.05, 0) is 55.2 Å². The standard InChI is InChI=1S/C22H21FN6S/c1-13-8-15(6-7-25-13)20-19(14-2-4-18(23)5-3-14)26-21-29(20)27-22(30-21)28-11-16-9-24-10-17(16)12-28/h2-8,16-17,24H,9-12H2,1H3/t16-,17+. The highest BCUT2D eigenvalue weighted by atomic mass is 32.1. The maximum atomic E-state index is 13.5. The highest BCUT2D eigenvalue weighted by Gasteiger charge is 2.37. The Labute approximate surface area is 177 Å². The highest BCUT2D eigenvalue weighted by Crippen LogP contribution is 2.38. The van der Waals surface area contributed by atoms with Crippen LogP contribution in [0.15, 0.2) is 42.6 Å². The maximum absolute atomic E-state index is 13.5. The molecule has 1 aromatic carbocycles. The second kappa shape index (κ2) is 6.85. The molecule has 6 rings (SSSR count). The number of halogens is 1. The second-order valence-electron chi connectivity index (χ2n) is 8.16. The molecule has 6 nitrogen and oxygen atoms in total. The number of nitrogens with one attached hydrogen (secondary N) is 1. The van der Waals surface area contributed by atoms with Gasteiger partial charge in [0.05, 0.1) is 0 Å². The number of hydrogen-bond acceptors (Lipinski definition) is 6. The van der Waals surface area contributed by atoms with Gasteiger partial charge in [0.1, 0.15) is 17.2 Å². The molecular weight excluding hydrogens is 399 g/mol. The number of imidazole rings is 1. The molecule has 5 heterocycles. The van der Waals surface area contributed by atoms with E-state index < -0.39 is 0 Å². The van der Waals surface area contributed by atoms with Gasteiger partial charge < -0.3 is 10.2 Å². The molecular formula is C22H21FN6S. The molecule has 2 atom stereocenters. The van der Waals surface area contributed by atoms with Crippen molar-refractivity contribution in [3.8, 4) is 22.5 Å². The molecule has 30 heavy (non-hydrogen) atoms. The van der Waals surface area contributed by atoms with Gasteiger partial charge >= 0.3 is 0 Å². The van der Waals surface area contributed by atoms with E-state index in [-0.39, 0.29) is 5.82 Å². The summed E-state index contributed by atoms with van der Waals surface area (Å²) >= 11 is 1.62. The molecule has 152 valence electrons. The van der Waals surface area contributed by atoms with Crippen LogP contribution >= 0.6 is 11.3 Å². The molecule has 2 fully saturated rings. The summed E-state index contributed by atoms with van der Waals surface area (Å²) in [6, 6.07) is 10.5. The number of anilines is 1. The minimum absolute atomic E-state index is 0.254. The molecule has 0 amide bonds.